The molecule has 0 saturated carbocycles. The first-order chi connectivity index (χ1) is 14.1. The number of furan rings is 1. The number of hydrogen-bond donors (Lipinski definition) is 1. The third-order valence-electron chi connectivity index (χ3n) is 5.34. The van der Waals surface area contributed by atoms with Crippen LogP contribution in [0.3, 0.4) is 0 Å². The summed E-state index contributed by atoms with van der Waals surface area (Å²) in [6, 6.07) is 3.78. The number of nitrogens with one attached hydrogen (secondary N) is 1. The number of hydrogen-bond acceptors (Lipinski definition) is 7. The van der Waals surface area contributed by atoms with Crippen LogP contribution in [0.25, 0.3) is 10.2 Å². The highest BCUT2D eigenvalue weighted by molar-refractivity contribution is 7.20. The number of rotatable bonds is 6. The Morgan fingerprint density at radius 1 is 1.21 bits per heavy atom. The van der Waals surface area contributed by atoms with E-state index in [1.807, 2.05) is 26.0 Å². The summed E-state index contributed by atoms with van der Waals surface area (Å²) in [5, 5.41) is 3.96. The van der Waals surface area contributed by atoms with Crippen molar-refractivity contribution in [1.29, 1.82) is 0 Å². The predicted molar refractivity (Wildman–Crippen MR) is 116 cm³/mol. The Hall–Kier alpha value is -2.45. The molecule has 7 nitrogen and oxygen atoms in total. The highest BCUT2D eigenvalue weighted by Gasteiger charge is 2.24. The largest absolute Gasteiger partial charge is 0.465 e. The standard InChI is InChI=1S/C21H27N5O2S/c1-4-7-25-8-10-26(11-9-25)19-17-15(3)18(29-21(17)24-13-23-19)20(27)22-12-16-6-5-14(2)28-16/h5-6,13H,4,7-12H2,1-3H3,(H,22,27). The van der Waals surface area contributed by atoms with Crippen LogP contribution >= 0.6 is 11.3 Å². The Kier molecular flexibility index (Phi) is 5.82. The van der Waals surface area contributed by atoms with Gasteiger partial charge >= 0.3 is 0 Å². The fourth-order valence-corrected chi connectivity index (χ4v) is 4.90. The van der Waals surface area contributed by atoms with Crippen molar-refractivity contribution < 1.29 is 9.21 Å². The SMILES string of the molecule is CCCN1CCN(c2ncnc3sc(C(=O)NCc4ccc(C)o4)c(C)c23)CC1. The summed E-state index contributed by atoms with van der Waals surface area (Å²) >= 11 is 1.43. The quantitative estimate of drug-likeness (QED) is 0.668. The Morgan fingerprint density at radius 2 is 2.00 bits per heavy atom. The van der Waals surface area contributed by atoms with Crippen LogP contribution in [-0.2, 0) is 6.54 Å². The fourth-order valence-electron chi connectivity index (χ4n) is 3.84. The van der Waals surface area contributed by atoms with Crippen molar-refractivity contribution in [2.75, 3.05) is 37.6 Å². The molecule has 3 aromatic heterocycles. The second-order valence-electron chi connectivity index (χ2n) is 7.46. The maximum atomic E-state index is 12.8. The minimum atomic E-state index is -0.0988. The lowest BCUT2D eigenvalue weighted by molar-refractivity contribution is 0.0951. The number of nitrogens with zero attached hydrogens (tertiary/aromatic N) is 4. The van der Waals surface area contributed by atoms with E-state index in [0.29, 0.717) is 11.4 Å². The average Bonchev–Trinajstić information content (AvgIpc) is 3.30. The molecular formula is C21H27N5O2S. The van der Waals surface area contributed by atoms with E-state index < -0.39 is 0 Å². The lowest BCUT2D eigenvalue weighted by Gasteiger charge is -2.35. The van der Waals surface area contributed by atoms with Gasteiger partial charge in [0.2, 0.25) is 0 Å². The molecule has 1 saturated heterocycles. The molecule has 8 heteroatoms. The molecule has 3 aromatic rings. The molecule has 0 atom stereocenters. The molecule has 0 bridgehead atoms. The van der Waals surface area contributed by atoms with Crippen LogP contribution in [0.5, 0.6) is 0 Å². The summed E-state index contributed by atoms with van der Waals surface area (Å²) < 4.78 is 5.54. The topological polar surface area (TPSA) is 74.5 Å². The van der Waals surface area contributed by atoms with Crippen molar-refractivity contribution in [1.82, 2.24) is 20.2 Å². The van der Waals surface area contributed by atoms with Gasteiger partial charge in [0, 0.05) is 26.2 Å². The summed E-state index contributed by atoms with van der Waals surface area (Å²) in [4.78, 5) is 28.2. The van der Waals surface area contributed by atoms with Crippen LogP contribution in [0.1, 0.15) is 40.1 Å². The van der Waals surface area contributed by atoms with Crippen LogP contribution in [0.15, 0.2) is 22.9 Å². The minimum absolute atomic E-state index is 0.0988. The zero-order chi connectivity index (χ0) is 20.4. The molecule has 1 aliphatic rings. The second-order valence-corrected chi connectivity index (χ2v) is 8.46. The van der Waals surface area contributed by atoms with Gasteiger partial charge in [0.15, 0.2) is 0 Å². The number of anilines is 1. The molecule has 0 aromatic carbocycles. The number of aryl methyl sites for hydroxylation is 2. The van der Waals surface area contributed by atoms with Crippen LogP contribution in [-0.4, -0.2) is 53.5 Å². The van der Waals surface area contributed by atoms with Gasteiger partial charge in [0.25, 0.3) is 5.91 Å². The predicted octanol–water partition coefficient (Wildman–Crippen LogP) is 3.36. The zero-order valence-corrected chi connectivity index (χ0v) is 18.0. The molecule has 0 radical (unpaired) electrons. The van der Waals surface area contributed by atoms with E-state index in [1.165, 1.54) is 17.8 Å². The minimum Gasteiger partial charge on any atom is -0.465 e. The Bertz CT molecular complexity index is 1000. The summed E-state index contributed by atoms with van der Waals surface area (Å²) in [5.74, 6) is 2.44. The average molecular weight is 414 g/mol. The lowest BCUT2D eigenvalue weighted by atomic mass is 10.1. The molecule has 0 spiro atoms. The van der Waals surface area contributed by atoms with Crippen LogP contribution in [0.2, 0.25) is 0 Å². The van der Waals surface area contributed by atoms with Crippen LogP contribution < -0.4 is 10.2 Å². The summed E-state index contributed by atoms with van der Waals surface area (Å²) in [7, 11) is 0. The van der Waals surface area contributed by atoms with Gasteiger partial charge in [-0.25, -0.2) is 9.97 Å². The first kappa shape index (κ1) is 19.8. The zero-order valence-electron chi connectivity index (χ0n) is 17.2. The molecule has 1 fully saturated rings. The van der Waals surface area contributed by atoms with E-state index in [-0.39, 0.29) is 5.91 Å². The summed E-state index contributed by atoms with van der Waals surface area (Å²) in [5.41, 5.74) is 0.949. The molecule has 0 aliphatic carbocycles. The normalized spacial score (nSPS) is 15.2. The van der Waals surface area contributed by atoms with Gasteiger partial charge in [0.1, 0.15) is 28.5 Å². The van der Waals surface area contributed by atoms with Gasteiger partial charge in [-0.15, -0.1) is 11.3 Å². The number of piperazine rings is 1. The van der Waals surface area contributed by atoms with Crippen molar-refractivity contribution in [3.8, 4) is 0 Å². The van der Waals surface area contributed by atoms with E-state index in [9.17, 15) is 4.79 Å². The number of amides is 1. The third-order valence-corrected chi connectivity index (χ3v) is 6.54. The van der Waals surface area contributed by atoms with Crippen LogP contribution in [0, 0.1) is 13.8 Å². The Balaban J connectivity index is 1.54. The van der Waals surface area contributed by atoms with Crippen molar-refractivity contribution in [2.45, 2.75) is 33.7 Å². The number of fused-ring (bicyclic) bond motifs is 1. The van der Waals surface area contributed by atoms with E-state index in [2.05, 4.69) is 32.0 Å². The maximum Gasteiger partial charge on any atom is 0.262 e. The first-order valence-corrected chi connectivity index (χ1v) is 10.9. The van der Waals surface area contributed by atoms with Crippen molar-refractivity contribution >= 4 is 33.3 Å². The van der Waals surface area contributed by atoms with Gasteiger partial charge in [-0.2, -0.15) is 0 Å². The molecular weight excluding hydrogens is 386 g/mol. The van der Waals surface area contributed by atoms with Gasteiger partial charge in [-0.1, -0.05) is 6.92 Å². The van der Waals surface area contributed by atoms with Gasteiger partial charge in [-0.3, -0.25) is 9.69 Å². The van der Waals surface area contributed by atoms with Gasteiger partial charge < -0.3 is 14.6 Å². The number of thiophene rings is 1. The van der Waals surface area contributed by atoms with Gasteiger partial charge in [0.05, 0.1) is 16.8 Å². The monoisotopic (exact) mass is 413 g/mol. The van der Waals surface area contributed by atoms with E-state index in [4.69, 9.17) is 4.42 Å². The van der Waals surface area contributed by atoms with E-state index in [0.717, 1.165) is 65.8 Å². The molecule has 4 rings (SSSR count). The highest BCUT2D eigenvalue weighted by atomic mass is 32.1. The van der Waals surface area contributed by atoms with Crippen molar-refractivity contribution in [3.63, 3.8) is 0 Å². The first-order valence-electron chi connectivity index (χ1n) is 10.1. The lowest BCUT2D eigenvalue weighted by Crippen LogP contribution is -2.46. The Labute approximate surface area is 174 Å². The van der Waals surface area contributed by atoms with Crippen molar-refractivity contribution in [3.05, 3.63) is 40.4 Å². The van der Waals surface area contributed by atoms with E-state index >= 15 is 0 Å². The molecule has 1 aliphatic heterocycles. The van der Waals surface area contributed by atoms with Gasteiger partial charge in [-0.05, 0) is 44.5 Å². The third kappa shape index (κ3) is 4.13. The number of carbonyl (C=O) groups is 1. The van der Waals surface area contributed by atoms with E-state index in [1.54, 1.807) is 6.33 Å². The molecule has 0 unspecified atom stereocenters. The second kappa shape index (κ2) is 8.51. The Morgan fingerprint density at radius 3 is 2.69 bits per heavy atom. The molecule has 1 N–H and O–H groups in total. The molecule has 1 amide bonds. The van der Waals surface area contributed by atoms with Crippen LogP contribution in [0.4, 0.5) is 5.82 Å². The summed E-state index contributed by atoms with van der Waals surface area (Å²) in [6.45, 7) is 11.6. The smallest absolute Gasteiger partial charge is 0.262 e. The molecule has 29 heavy (non-hydrogen) atoms. The fraction of sp³-hybridized carbons (Fsp3) is 0.476. The van der Waals surface area contributed by atoms with Crippen molar-refractivity contribution in [2.24, 2.45) is 0 Å². The number of aromatic nitrogens is 2. The molecule has 4 heterocycles. The highest BCUT2D eigenvalue weighted by Crippen LogP contribution is 2.35. The molecule has 154 valence electrons. The summed E-state index contributed by atoms with van der Waals surface area (Å²) in [6.07, 6.45) is 2.79. The maximum absolute atomic E-state index is 12.8. The number of carbonyl (C=O) groups excluding carboxylic acids is 1.